The Bertz CT molecular complexity index is 885. The number of aromatic amines is 2. The summed E-state index contributed by atoms with van der Waals surface area (Å²) in [6.45, 7) is 2.39. The Kier molecular flexibility index (Phi) is 5.12. The molecule has 0 aliphatic carbocycles. The van der Waals surface area contributed by atoms with Gasteiger partial charge in [0.05, 0.1) is 16.0 Å². The maximum absolute atomic E-state index is 11.5. The maximum Gasteiger partial charge on any atom is 0.357 e. The van der Waals surface area contributed by atoms with Gasteiger partial charge in [-0.3, -0.25) is 19.9 Å². The van der Waals surface area contributed by atoms with Crippen molar-refractivity contribution in [3.63, 3.8) is 0 Å². The minimum Gasteiger partial charge on any atom is -0.493 e. The van der Waals surface area contributed by atoms with Crippen LogP contribution in [0.1, 0.15) is 18.2 Å². The summed E-state index contributed by atoms with van der Waals surface area (Å²) in [5.41, 5.74) is -2.05. The molecule has 0 amide bonds. The van der Waals surface area contributed by atoms with E-state index in [1.807, 2.05) is 11.9 Å². The molecule has 2 N–H and O–H groups in total. The number of nitro groups is 1. The summed E-state index contributed by atoms with van der Waals surface area (Å²) >= 11 is 3.36. The van der Waals surface area contributed by atoms with Crippen LogP contribution < -0.4 is 16.0 Å². The molecule has 0 aliphatic heterocycles. The summed E-state index contributed by atoms with van der Waals surface area (Å²) in [4.78, 5) is 36.9. The lowest BCUT2D eigenvalue weighted by Crippen LogP contribution is -2.25. The molecule has 8 nitrogen and oxygen atoms in total. The van der Waals surface area contributed by atoms with Crippen molar-refractivity contribution in [3.05, 3.63) is 64.9 Å². The standard InChI is InChI=1S/C14H12BrN3O5/c1-2-23-11-6-4-8(7-9(11)15)3-5-10-12(18(21)22)13(19)17-14(20)16-10/h3-7H,2H2,1H3,(H2,16,17,19,20)/b5-3+. The highest BCUT2D eigenvalue weighted by atomic mass is 79.9. The van der Waals surface area contributed by atoms with Crippen LogP contribution in [-0.4, -0.2) is 21.5 Å². The number of ether oxygens (including phenoxy) is 1. The lowest BCUT2D eigenvalue weighted by atomic mass is 10.2. The van der Waals surface area contributed by atoms with Crippen molar-refractivity contribution in [2.24, 2.45) is 0 Å². The van der Waals surface area contributed by atoms with Crippen LogP contribution in [0.2, 0.25) is 0 Å². The molecule has 1 heterocycles. The van der Waals surface area contributed by atoms with Crippen LogP contribution in [0.15, 0.2) is 32.3 Å². The van der Waals surface area contributed by atoms with Crippen molar-refractivity contribution in [2.75, 3.05) is 6.61 Å². The number of hydrogen-bond donors (Lipinski definition) is 2. The van der Waals surface area contributed by atoms with Crippen LogP contribution in [0.3, 0.4) is 0 Å². The molecule has 0 spiro atoms. The highest BCUT2D eigenvalue weighted by Crippen LogP contribution is 2.26. The quantitative estimate of drug-likeness (QED) is 0.608. The number of H-pyrrole nitrogens is 2. The molecular formula is C14H12BrN3O5. The van der Waals surface area contributed by atoms with Gasteiger partial charge in [0.2, 0.25) is 0 Å². The van der Waals surface area contributed by atoms with Crippen molar-refractivity contribution >= 4 is 33.8 Å². The zero-order valence-corrected chi connectivity index (χ0v) is 13.5. The molecule has 1 aromatic carbocycles. The lowest BCUT2D eigenvalue weighted by Gasteiger charge is -2.06. The van der Waals surface area contributed by atoms with E-state index >= 15 is 0 Å². The Morgan fingerprint density at radius 1 is 1.30 bits per heavy atom. The molecule has 0 fully saturated rings. The van der Waals surface area contributed by atoms with Gasteiger partial charge in [0.1, 0.15) is 11.4 Å². The molecule has 0 unspecified atom stereocenters. The maximum atomic E-state index is 11.5. The van der Waals surface area contributed by atoms with Gasteiger partial charge in [0.15, 0.2) is 0 Å². The third-order valence-corrected chi connectivity index (χ3v) is 3.45. The molecule has 2 rings (SSSR count). The molecule has 0 saturated heterocycles. The predicted octanol–water partition coefficient (Wildman–Crippen LogP) is 2.30. The number of rotatable bonds is 5. The van der Waals surface area contributed by atoms with Gasteiger partial charge >= 0.3 is 16.9 Å². The Balaban J connectivity index is 2.41. The van der Waals surface area contributed by atoms with E-state index in [1.54, 1.807) is 18.2 Å². The highest BCUT2D eigenvalue weighted by molar-refractivity contribution is 9.10. The summed E-state index contributed by atoms with van der Waals surface area (Å²) in [7, 11) is 0. The van der Waals surface area contributed by atoms with Crippen molar-refractivity contribution in [1.82, 2.24) is 9.97 Å². The van der Waals surface area contributed by atoms with Crippen molar-refractivity contribution in [1.29, 1.82) is 0 Å². The molecule has 0 atom stereocenters. The number of benzene rings is 1. The van der Waals surface area contributed by atoms with E-state index < -0.39 is 21.9 Å². The van der Waals surface area contributed by atoms with E-state index in [9.17, 15) is 19.7 Å². The van der Waals surface area contributed by atoms with E-state index in [-0.39, 0.29) is 5.69 Å². The Morgan fingerprint density at radius 2 is 2.04 bits per heavy atom. The molecule has 1 aromatic heterocycles. The summed E-state index contributed by atoms with van der Waals surface area (Å²) in [5.74, 6) is 0.667. The smallest absolute Gasteiger partial charge is 0.357 e. The molecule has 9 heteroatoms. The Labute approximate surface area is 138 Å². The average Bonchev–Trinajstić information content (AvgIpc) is 2.46. The average molecular weight is 382 g/mol. The summed E-state index contributed by atoms with van der Waals surface area (Å²) in [5, 5.41) is 10.9. The van der Waals surface area contributed by atoms with Crippen LogP contribution in [0.5, 0.6) is 5.75 Å². The minimum atomic E-state index is -1.05. The first kappa shape index (κ1) is 16.7. The Morgan fingerprint density at radius 3 is 2.65 bits per heavy atom. The fourth-order valence-electron chi connectivity index (χ4n) is 1.87. The van der Waals surface area contributed by atoms with Gasteiger partial charge in [-0.05, 0) is 46.6 Å². The molecule has 0 aliphatic rings. The van der Waals surface area contributed by atoms with E-state index in [1.165, 1.54) is 12.2 Å². The van der Waals surface area contributed by atoms with Crippen LogP contribution in [-0.2, 0) is 0 Å². The van der Waals surface area contributed by atoms with Crippen molar-refractivity contribution in [2.45, 2.75) is 6.92 Å². The molecule has 23 heavy (non-hydrogen) atoms. The molecule has 0 bridgehead atoms. The van der Waals surface area contributed by atoms with Gasteiger partial charge in [-0.25, -0.2) is 4.79 Å². The summed E-state index contributed by atoms with van der Waals surface area (Å²) in [6, 6.07) is 5.23. The van der Waals surface area contributed by atoms with Gasteiger partial charge in [0.25, 0.3) is 0 Å². The zero-order valence-electron chi connectivity index (χ0n) is 12.0. The van der Waals surface area contributed by atoms with Crippen molar-refractivity contribution < 1.29 is 9.66 Å². The van der Waals surface area contributed by atoms with Crippen LogP contribution in [0.25, 0.3) is 12.2 Å². The minimum absolute atomic E-state index is 0.172. The lowest BCUT2D eigenvalue weighted by molar-refractivity contribution is -0.386. The number of aromatic nitrogens is 2. The van der Waals surface area contributed by atoms with Gasteiger partial charge in [-0.1, -0.05) is 12.1 Å². The van der Waals surface area contributed by atoms with E-state index in [2.05, 4.69) is 20.9 Å². The predicted molar refractivity (Wildman–Crippen MR) is 88.6 cm³/mol. The van der Waals surface area contributed by atoms with Gasteiger partial charge < -0.3 is 9.72 Å². The van der Waals surface area contributed by atoms with E-state index in [4.69, 9.17) is 4.74 Å². The first-order chi connectivity index (χ1) is 10.9. The third kappa shape index (κ3) is 3.95. The van der Waals surface area contributed by atoms with Gasteiger partial charge in [-0.15, -0.1) is 0 Å². The molecule has 2 aromatic rings. The second kappa shape index (κ2) is 7.05. The van der Waals surface area contributed by atoms with Gasteiger partial charge in [0, 0.05) is 0 Å². The topological polar surface area (TPSA) is 118 Å². The molecule has 0 radical (unpaired) electrons. The van der Waals surface area contributed by atoms with Gasteiger partial charge in [-0.2, -0.15) is 0 Å². The molecule has 0 saturated carbocycles. The number of nitrogens with one attached hydrogen (secondary N) is 2. The SMILES string of the molecule is CCOc1ccc(/C=C/c2[nH]c(=O)[nH]c(=O)c2[N+](=O)[O-])cc1Br. The highest BCUT2D eigenvalue weighted by Gasteiger charge is 2.18. The number of nitrogens with zero attached hydrogens (tertiary/aromatic N) is 1. The largest absolute Gasteiger partial charge is 0.493 e. The molecular weight excluding hydrogens is 370 g/mol. The second-order valence-electron chi connectivity index (χ2n) is 4.38. The normalized spacial score (nSPS) is 10.9. The van der Waals surface area contributed by atoms with E-state index in [0.717, 1.165) is 4.47 Å². The van der Waals surface area contributed by atoms with Crippen LogP contribution in [0, 0.1) is 10.1 Å². The zero-order chi connectivity index (χ0) is 17.0. The molecule has 120 valence electrons. The van der Waals surface area contributed by atoms with Crippen LogP contribution >= 0.6 is 15.9 Å². The second-order valence-corrected chi connectivity index (χ2v) is 5.24. The summed E-state index contributed by atoms with van der Waals surface area (Å²) < 4.78 is 6.10. The number of halogens is 1. The monoisotopic (exact) mass is 381 g/mol. The van der Waals surface area contributed by atoms with E-state index in [0.29, 0.717) is 17.9 Å². The fraction of sp³-hybridized carbons (Fsp3) is 0.143. The third-order valence-electron chi connectivity index (χ3n) is 2.83. The summed E-state index contributed by atoms with van der Waals surface area (Å²) in [6.07, 6.45) is 2.84. The fourth-order valence-corrected chi connectivity index (χ4v) is 2.38. The number of hydrogen-bond acceptors (Lipinski definition) is 5. The Hall–Kier alpha value is -2.68. The van der Waals surface area contributed by atoms with Crippen LogP contribution in [0.4, 0.5) is 5.69 Å². The first-order valence-electron chi connectivity index (χ1n) is 6.53. The van der Waals surface area contributed by atoms with Crippen molar-refractivity contribution in [3.8, 4) is 5.75 Å². The first-order valence-corrected chi connectivity index (χ1v) is 7.33.